The van der Waals surface area contributed by atoms with Crippen molar-refractivity contribution in [2.24, 2.45) is 17.2 Å². The monoisotopic (exact) mass is 510 g/mol. The van der Waals surface area contributed by atoms with E-state index in [-0.39, 0.29) is 18.6 Å². The van der Waals surface area contributed by atoms with E-state index < -0.39 is 66.8 Å². The number of carbonyl (C=O) groups is 5. The number of rotatable bonds is 16. The zero-order chi connectivity index (χ0) is 27.3. The third-order valence-corrected chi connectivity index (χ3v) is 5.14. The highest BCUT2D eigenvalue weighted by atomic mass is 16.4. The summed E-state index contributed by atoms with van der Waals surface area (Å²) in [6.07, 6.45) is 0.312. The third-order valence-electron chi connectivity index (χ3n) is 5.14. The van der Waals surface area contributed by atoms with Gasteiger partial charge in [-0.1, -0.05) is 12.1 Å². The van der Waals surface area contributed by atoms with Gasteiger partial charge in [-0.3, -0.25) is 19.2 Å². The number of carboxylic acids is 1. The predicted molar refractivity (Wildman–Crippen MR) is 127 cm³/mol. The lowest BCUT2D eigenvalue weighted by Crippen LogP contribution is -2.58. The summed E-state index contributed by atoms with van der Waals surface area (Å²) in [6, 6.07) is 0.265. The first-order chi connectivity index (χ1) is 17.0. The fourth-order valence-electron chi connectivity index (χ4n) is 3.15. The highest BCUT2D eigenvalue weighted by Crippen LogP contribution is 2.12. The molecule has 36 heavy (non-hydrogen) atoms. The van der Waals surface area contributed by atoms with Crippen LogP contribution in [0.3, 0.4) is 0 Å². The van der Waals surface area contributed by atoms with Crippen LogP contribution in [0, 0.1) is 0 Å². The van der Waals surface area contributed by atoms with Crippen molar-refractivity contribution >= 4 is 29.6 Å². The molecule has 0 aliphatic rings. The number of benzene rings is 1. The lowest BCUT2D eigenvalue weighted by Gasteiger charge is -2.24. The molecule has 0 saturated heterocycles. The number of phenolic OH excluding ortho intramolecular Hbond substituents is 1. The van der Waals surface area contributed by atoms with E-state index >= 15 is 0 Å². The summed E-state index contributed by atoms with van der Waals surface area (Å²) < 4.78 is 0. The van der Waals surface area contributed by atoms with Crippen LogP contribution in [0.5, 0.6) is 5.75 Å². The number of unbranched alkanes of at least 4 members (excludes halogenated alkanes) is 1. The molecular formula is C22H34N6O8. The molecule has 4 atom stereocenters. The molecule has 0 spiro atoms. The maximum Gasteiger partial charge on any atom is 0.326 e. The molecule has 0 aliphatic carbocycles. The van der Waals surface area contributed by atoms with E-state index in [2.05, 4.69) is 16.0 Å². The Morgan fingerprint density at radius 1 is 0.861 bits per heavy atom. The summed E-state index contributed by atoms with van der Waals surface area (Å²) in [4.78, 5) is 61.1. The number of carboxylic acid groups (broad SMARTS) is 1. The van der Waals surface area contributed by atoms with Gasteiger partial charge in [-0.05, 0) is 43.5 Å². The fraction of sp³-hybridized carbons (Fsp3) is 0.500. The van der Waals surface area contributed by atoms with E-state index in [1.165, 1.54) is 24.3 Å². The number of aliphatic hydroxyl groups is 1. The second-order valence-corrected chi connectivity index (χ2v) is 8.14. The van der Waals surface area contributed by atoms with Crippen molar-refractivity contribution in [3.05, 3.63) is 29.8 Å². The van der Waals surface area contributed by atoms with Gasteiger partial charge < -0.3 is 48.5 Å². The van der Waals surface area contributed by atoms with Gasteiger partial charge in [-0.25, -0.2) is 4.79 Å². The molecule has 4 amide bonds. The topological polar surface area (TPSA) is 260 Å². The number of nitrogens with two attached hydrogens (primary N) is 3. The Bertz CT molecular complexity index is 910. The van der Waals surface area contributed by atoms with Crippen LogP contribution in [-0.2, 0) is 30.4 Å². The number of carbonyl (C=O) groups excluding carboxylic acids is 4. The van der Waals surface area contributed by atoms with Crippen LogP contribution in [0.15, 0.2) is 24.3 Å². The van der Waals surface area contributed by atoms with Gasteiger partial charge in [0.05, 0.1) is 13.0 Å². The van der Waals surface area contributed by atoms with Crippen LogP contribution in [0.4, 0.5) is 0 Å². The van der Waals surface area contributed by atoms with E-state index in [9.17, 15) is 34.2 Å². The standard InChI is InChI=1S/C22H34N6O8/c23-8-2-1-3-15(26-19(32)14(24)11-29)20(33)27-16(10-18(25)31)21(34)28-17(22(35)36)9-12-4-6-13(30)7-5-12/h4-7,14-17,29-30H,1-3,8-11,23-24H2,(H2,25,31)(H,26,32)(H,27,33)(H,28,34)(H,35,36)/t14-,15-,16-,17-/m0/s1. The van der Waals surface area contributed by atoms with Gasteiger partial charge in [0.25, 0.3) is 0 Å². The first kappa shape index (κ1) is 30.3. The van der Waals surface area contributed by atoms with E-state index in [4.69, 9.17) is 22.3 Å². The lowest BCUT2D eigenvalue weighted by molar-refractivity contribution is -0.142. The Labute approximate surface area is 207 Å². The number of amides is 4. The minimum Gasteiger partial charge on any atom is -0.508 e. The number of aliphatic hydroxyl groups excluding tert-OH is 1. The van der Waals surface area contributed by atoms with Gasteiger partial charge in [-0.2, -0.15) is 0 Å². The second kappa shape index (κ2) is 15.3. The summed E-state index contributed by atoms with van der Waals surface area (Å²) in [5.74, 6) is -4.95. The molecule has 200 valence electrons. The zero-order valence-corrected chi connectivity index (χ0v) is 19.7. The van der Waals surface area contributed by atoms with Crippen LogP contribution < -0.4 is 33.2 Å². The molecule has 1 aromatic rings. The summed E-state index contributed by atoms with van der Waals surface area (Å²) in [6.45, 7) is -0.323. The number of hydrogen-bond acceptors (Lipinski definition) is 9. The van der Waals surface area contributed by atoms with Crippen molar-refractivity contribution in [3.63, 3.8) is 0 Å². The Kier molecular flexibility index (Phi) is 12.9. The van der Waals surface area contributed by atoms with Crippen molar-refractivity contribution in [3.8, 4) is 5.75 Å². The van der Waals surface area contributed by atoms with Gasteiger partial charge in [0.2, 0.25) is 23.6 Å². The zero-order valence-electron chi connectivity index (χ0n) is 19.7. The Hall–Kier alpha value is -3.75. The van der Waals surface area contributed by atoms with Crippen LogP contribution in [-0.4, -0.2) is 82.2 Å². The van der Waals surface area contributed by atoms with E-state index in [0.717, 1.165) is 0 Å². The van der Waals surface area contributed by atoms with Gasteiger partial charge in [0.1, 0.15) is 29.9 Å². The highest BCUT2D eigenvalue weighted by molar-refractivity contribution is 5.96. The Balaban J connectivity index is 3.00. The summed E-state index contributed by atoms with van der Waals surface area (Å²) >= 11 is 0. The Morgan fingerprint density at radius 3 is 1.94 bits per heavy atom. The summed E-state index contributed by atoms with van der Waals surface area (Å²) in [5.41, 5.74) is 16.7. The van der Waals surface area contributed by atoms with E-state index in [0.29, 0.717) is 24.9 Å². The number of primary amides is 1. The molecule has 14 heteroatoms. The quantitative estimate of drug-likeness (QED) is 0.101. The van der Waals surface area contributed by atoms with Crippen LogP contribution in [0.1, 0.15) is 31.2 Å². The number of nitrogens with one attached hydrogen (secondary N) is 3. The predicted octanol–water partition coefficient (Wildman–Crippen LogP) is -3.20. The molecular weight excluding hydrogens is 476 g/mol. The number of hydrogen-bond donors (Lipinski definition) is 9. The molecule has 1 rings (SSSR count). The molecule has 0 saturated carbocycles. The molecule has 0 bridgehead atoms. The van der Waals surface area contributed by atoms with Crippen molar-refractivity contribution in [1.29, 1.82) is 0 Å². The first-order valence-electron chi connectivity index (χ1n) is 11.2. The number of phenols is 1. The fourth-order valence-corrected chi connectivity index (χ4v) is 3.15. The first-order valence-corrected chi connectivity index (χ1v) is 11.2. The van der Waals surface area contributed by atoms with Gasteiger partial charge in [0.15, 0.2) is 0 Å². The van der Waals surface area contributed by atoms with Crippen LogP contribution in [0.2, 0.25) is 0 Å². The highest BCUT2D eigenvalue weighted by Gasteiger charge is 2.31. The largest absolute Gasteiger partial charge is 0.508 e. The number of aromatic hydroxyl groups is 1. The average Bonchev–Trinajstić information content (AvgIpc) is 2.82. The Morgan fingerprint density at radius 2 is 1.42 bits per heavy atom. The van der Waals surface area contributed by atoms with Gasteiger partial charge >= 0.3 is 5.97 Å². The SMILES string of the molecule is NCCCC[C@H](NC(=O)[C@@H](N)CO)C(=O)N[C@@H](CC(N)=O)C(=O)N[C@@H](Cc1ccc(O)cc1)C(=O)O. The molecule has 0 radical (unpaired) electrons. The van der Waals surface area contributed by atoms with Gasteiger partial charge in [-0.15, -0.1) is 0 Å². The second-order valence-electron chi connectivity index (χ2n) is 8.14. The molecule has 1 aromatic carbocycles. The maximum absolute atomic E-state index is 12.9. The number of aliphatic carboxylic acids is 1. The molecule has 0 heterocycles. The molecule has 0 aliphatic heterocycles. The van der Waals surface area contributed by atoms with E-state index in [1.807, 2.05) is 0 Å². The van der Waals surface area contributed by atoms with Crippen molar-refractivity contribution < 1.29 is 39.3 Å². The molecule has 14 nitrogen and oxygen atoms in total. The molecule has 0 unspecified atom stereocenters. The van der Waals surface area contributed by atoms with Crippen LogP contribution in [0.25, 0.3) is 0 Å². The lowest BCUT2D eigenvalue weighted by atomic mass is 10.0. The van der Waals surface area contributed by atoms with Crippen LogP contribution >= 0.6 is 0 Å². The van der Waals surface area contributed by atoms with Crippen molar-refractivity contribution in [2.45, 2.75) is 56.3 Å². The van der Waals surface area contributed by atoms with E-state index in [1.54, 1.807) is 0 Å². The van der Waals surface area contributed by atoms with Crippen molar-refractivity contribution in [2.75, 3.05) is 13.2 Å². The normalized spacial score (nSPS) is 14.1. The molecule has 0 aromatic heterocycles. The third kappa shape index (κ3) is 10.7. The summed E-state index contributed by atoms with van der Waals surface area (Å²) in [7, 11) is 0. The smallest absolute Gasteiger partial charge is 0.326 e. The maximum atomic E-state index is 12.9. The minimum atomic E-state index is -1.53. The van der Waals surface area contributed by atoms with Crippen molar-refractivity contribution in [1.82, 2.24) is 16.0 Å². The molecule has 0 fully saturated rings. The average molecular weight is 511 g/mol. The minimum absolute atomic E-state index is 0.0213. The summed E-state index contributed by atoms with van der Waals surface area (Å²) in [5, 5.41) is 35.0. The molecule has 12 N–H and O–H groups in total. The van der Waals surface area contributed by atoms with Gasteiger partial charge in [0, 0.05) is 6.42 Å².